The topological polar surface area (TPSA) is 52.7 Å². The van der Waals surface area contributed by atoms with E-state index < -0.39 is 0 Å². The smallest absolute Gasteiger partial charge is 0.0601 e. The predicted molar refractivity (Wildman–Crippen MR) is 76.7 cm³/mol. The number of hydrogen-bond acceptors (Lipinski definition) is 4. The number of likely N-dealkylation sites (N-methyl/N-ethyl adjacent to an activating group) is 1. The lowest BCUT2D eigenvalue weighted by Gasteiger charge is -2.32. The summed E-state index contributed by atoms with van der Waals surface area (Å²) in [6.45, 7) is 11.1. The molecule has 1 fully saturated rings. The molecule has 0 aromatic heterocycles. The molecule has 4 nitrogen and oxygen atoms in total. The molecular weight excluding hydrogens is 226 g/mol. The average molecular weight is 257 g/mol. The van der Waals surface area contributed by atoms with Crippen molar-refractivity contribution >= 4 is 0 Å². The number of likely N-dealkylation sites (tertiary alicyclic amines) is 1. The maximum Gasteiger partial charge on any atom is 0.0601 e. The summed E-state index contributed by atoms with van der Waals surface area (Å²) in [6, 6.07) is 0.892. The minimum Gasteiger partial charge on any atom is -0.395 e. The summed E-state index contributed by atoms with van der Waals surface area (Å²) in [7, 11) is 0. The third-order valence-electron chi connectivity index (χ3n) is 4.30. The third-order valence-corrected chi connectivity index (χ3v) is 4.30. The van der Waals surface area contributed by atoms with Crippen LogP contribution in [0.25, 0.3) is 0 Å². The second-order valence-corrected chi connectivity index (χ2v) is 5.36. The summed E-state index contributed by atoms with van der Waals surface area (Å²) < 4.78 is 0. The molecule has 0 aromatic rings. The van der Waals surface area contributed by atoms with Crippen LogP contribution in [0.3, 0.4) is 0 Å². The van der Waals surface area contributed by atoms with E-state index in [4.69, 9.17) is 5.73 Å². The second kappa shape index (κ2) is 8.10. The van der Waals surface area contributed by atoms with Gasteiger partial charge in [-0.25, -0.2) is 0 Å². The van der Waals surface area contributed by atoms with Gasteiger partial charge >= 0.3 is 0 Å². The quantitative estimate of drug-likeness (QED) is 0.678. The zero-order valence-corrected chi connectivity index (χ0v) is 12.3. The summed E-state index contributed by atoms with van der Waals surface area (Å²) in [4.78, 5) is 4.91. The van der Waals surface area contributed by atoms with Crippen LogP contribution in [0.1, 0.15) is 40.0 Å². The van der Waals surface area contributed by atoms with Crippen LogP contribution in [0.2, 0.25) is 0 Å². The van der Waals surface area contributed by atoms with Gasteiger partial charge in [-0.2, -0.15) is 0 Å². The molecule has 1 aliphatic heterocycles. The van der Waals surface area contributed by atoms with Crippen LogP contribution >= 0.6 is 0 Å². The van der Waals surface area contributed by atoms with Crippen LogP contribution in [0.5, 0.6) is 0 Å². The van der Waals surface area contributed by atoms with E-state index in [2.05, 4.69) is 30.6 Å². The van der Waals surface area contributed by atoms with Crippen molar-refractivity contribution in [2.75, 3.05) is 32.8 Å². The molecule has 18 heavy (non-hydrogen) atoms. The minimum atomic E-state index is 0.107. The van der Waals surface area contributed by atoms with Crippen LogP contribution in [-0.2, 0) is 0 Å². The molecule has 0 bridgehead atoms. The Morgan fingerprint density at radius 2 is 2.00 bits per heavy atom. The van der Waals surface area contributed by atoms with E-state index in [1.807, 2.05) is 0 Å². The van der Waals surface area contributed by atoms with E-state index in [1.54, 1.807) is 0 Å². The highest BCUT2D eigenvalue weighted by molar-refractivity contribution is 4.90. The molecular formula is C14H31N3O. The number of aliphatic hydroxyl groups excluding tert-OH is 1. The van der Waals surface area contributed by atoms with Gasteiger partial charge in [0.2, 0.25) is 0 Å². The normalized spacial score (nSPS) is 24.7. The molecule has 0 saturated carbocycles. The lowest BCUT2D eigenvalue weighted by molar-refractivity contribution is 0.111. The van der Waals surface area contributed by atoms with Crippen LogP contribution in [0, 0.1) is 0 Å². The Hall–Kier alpha value is -0.160. The number of nitrogens with two attached hydrogens (primary N) is 1. The Morgan fingerprint density at radius 1 is 1.33 bits per heavy atom. The Bertz CT molecular complexity index is 221. The van der Waals surface area contributed by atoms with Crippen molar-refractivity contribution in [1.29, 1.82) is 0 Å². The van der Waals surface area contributed by atoms with Crippen LogP contribution in [0.15, 0.2) is 0 Å². The van der Waals surface area contributed by atoms with Gasteiger partial charge < -0.3 is 10.8 Å². The fraction of sp³-hybridized carbons (Fsp3) is 1.00. The number of nitrogens with zero attached hydrogens (tertiary/aromatic N) is 2. The maximum absolute atomic E-state index is 9.59. The van der Waals surface area contributed by atoms with Gasteiger partial charge in [0, 0.05) is 31.2 Å². The van der Waals surface area contributed by atoms with E-state index in [0.29, 0.717) is 6.04 Å². The molecule has 0 spiro atoms. The fourth-order valence-corrected chi connectivity index (χ4v) is 3.15. The number of aliphatic hydroxyl groups is 1. The lowest BCUT2D eigenvalue weighted by Crippen LogP contribution is -2.50. The first-order valence-corrected chi connectivity index (χ1v) is 7.52. The SMILES string of the molecule is CCCC(N)C(CO)N1CCC(N(CC)CC)C1. The van der Waals surface area contributed by atoms with E-state index >= 15 is 0 Å². The van der Waals surface area contributed by atoms with Gasteiger partial charge in [0.15, 0.2) is 0 Å². The Kier molecular flexibility index (Phi) is 7.15. The predicted octanol–water partition coefficient (Wildman–Crippen LogP) is 0.891. The van der Waals surface area contributed by atoms with Gasteiger partial charge in [-0.3, -0.25) is 9.80 Å². The maximum atomic E-state index is 9.59. The second-order valence-electron chi connectivity index (χ2n) is 5.36. The standard InChI is InChI=1S/C14H31N3O/c1-4-7-13(15)14(11-18)17-9-8-12(10-17)16(5-2)6-3/h12-14,18H,4-11,15H2,1-3H3. The van der Waals surface area contributed by atoms with Gasteiger partial charge in [0.1, 0.15) is 0 Å². The van der Waals surface area contributed by atoms with Gasteiger partial charge in [0.25, 0.3) is 0 Å². The summed E-state index contributed by atoms with van der Waals surface area (Å²) in [5, 5.41) is 9.59. The molecule has 0 amide bonds. The summed E-state index contributed by atoms with van der Waals surface area (Å²) in [6.07, 6.45) is 3.29. The van der Waals surface area contributed by atoms with Gasteiger partial charge in [-0.1, -0.05) is 27.2 Å². The minimum absolute atomic E-state index is 0.107. The van der Waals surface area contributed by atoms with Gasteiger partial charge in [0.05, 0.1) is 6.61 Å². The van der Waals surface area contributed by atoms with Crippen molar-refractivity contribution in [3.63, 3.8) is 0 Å². The highest BCUT2D eigenvalue weighted by Gasteiger charge is 2.32. The van der Waals surface area contributed by atoms with Gasteiger partial charge in [-0.15, -0.1) is 0 Å². The highest BCUT2D eigenvalue weighted by atomic mass is 16.3. The molecule has 0 aliphatic carbocycles. The molecule has 3 N–H and O–H groups in total. The zero-order chi connectivity index (χ0) is 13.5. The average Bonchev–Trinajstić information content (AvgIpc) is 2.81. The molecule has 1 aliphatic rings. The first-order chi connectivity index (χ1) is 8.67. The molecule has 4 heteroatoms. The van der Waals surface area contributed by atoms with Crippen molar-refractivity contribution < 1.29 is 5.11 Å². The van der Waals surface area contributed by atoms with Crippen LogP contribution in [-0.4, -0.2) is 65.8 Å². The Morgan fingerprint density at radius 3 is 2.50 bits per heavy atom. The van der Waals surface area contributed by atoms with E-state index in [9.17, 15) is 5.11 Å². The van der Waals surface area contributed by atoms with Crippen molar-refractivity contribution in [2.24, 2.45) is 5.73 Å². The molecule has 1 rings (SSSR count). The molecule has 3 unspecified atom stereocenters. The van der Waals surface area contributed by atoms with E-state index in [-0.39, 0.29) is 18.7 Å². The molecule has 108 valence electrons. The highest BCUT2D eigenvalue weighted by Crippen LogP contribution is 2.20. The number of hydrogen-bond donors (Lipinski definition) is 2. The number of rotatable bonds is 8. The van der Waals surface area contributed by atoms with Gasteiger partial charge in [-0.05, 0) is 25.9 Å². The third kappa shape index (κ3) is 3.92. The fourth-order valence-electron chi connectivity index (χ4n) is 3.15. The van der Waals surface area contributed by atoms with Crippen LogP contribution in [0.4, 0.5) is 0 Å². The summed E-state index contributed by atoms with van der Waals surface area (Å²) in [5.74, 6) is 0. The molecule has 1 saturated heterocycles. The van der Waals surface area contributed by atoms with Crippen molar-refractivity contribution in [2.45, 2.75) is 58.2 Å². The van der Waals surface area contributed by atoms with E-state index in [0.717, 1.165) is 39.0 Å². The first-order valence-electron chi connectivity index (χ1n) is 7.52. The monoisotopic (exact) mass is 257 g/mol. The first kappa shape index (κ1) is 15.9. The molecule has 3 atom stereocenters. The summed E-state index contributed by atoms with van der Waals surface area (Å²) in [5.41, 5.74) is 6.19. The zero-order valence-electron chi connectivity index (χ0n) is 12.3. The van der Waals surface area contributed by atoms with Crippen LogP contribution < -0.4 is 5.73 Å². The molecule has 1 heterocycles. The largest absolute Gasteiger partial charge is 0.395 e. The Balaban J connectivity index is 2.52. The van der Waals surface area contributed by atoms with E-state index in [1.165, 1.54) is 6.42 Å². The molecule has 0 aromatic carbocycles. The van der Waals surface area contributed by atoms with Crippen molar-refractivity contribution in [3.05, 3.63) is 0 Å². The summed E-state index contributed by atoms with van der Waals surface area (Å²) >= 11 is 0. The Labute approximate surface area is 112 Å². The van der Waals surface area contributed by atoms with Crippen molar-refractivity contribution in [3.8, 4) is 0 Å². The molecule has 0 radical (unpaired) electrons. The lowest BCUT2D eigenvalue weighted by atomic mass is 10.0. The van der Waals surface area contributed by atoms with Crippen molar-refractivity contribution in [1.82, 2.24) is 9.80 Å².